The Bertz CT molecular complexity index is 1170. The number of ether oxygens (including phenoxy) is 1. The SMILES string of the molecule is CC(=O)O[C@@H]1C[C@@]2(O)[C@H](C)CC[C@@H](C(C)CN3CCN(c4nc5ccccc5nc4C)CC3)[C@H]2C=C1C. The van der Waals surface area contributed by atoms with Crippen molar-refractivity contribution >= 4 is 22.8 Å². The molecule has 1 unspecified atom stereocenters. The summed E-state index contributed by atoms with van der Waals surface area (Å²) in [6.45, 7) is 15.0. The van der Waals surface area contributed by atoms with Gasteiger partial charge in [0.05, 0.1) is 22.3 Å². The van der Waals surface area contributed by atoms with Crippen LogP contribution >= 0.6 is 0 Å². The smallest absolute Gasteiger partial charge is 0.303 e. The van der Waals surface area contributed by atoms with Crippen LogP contribution in [0.3, 0.4) is 0 Å². The highest BCUT2D eigenvalue weighted by Gasteiger charge is 2.52. The van der Waals surface area contributed by atoms with Crippen molar-refractivity contribution in [1.82, 2.24) is 14.9 Å². The zero-order valence-electron chi connectivity index (χ0n) is 23.0. The van der Waals surface area contributed by atoms with E-state index in [1.807, 2.05) is 31.2 Å². The van der Waals surface area contributed by atoms with Crippen LogP contribution in [0.15, 0.2) is 35.9 Å². The van der Waals surface area contributed by atoms with Crippen molar-refractivity contribution in [1.29, 1.82) is 0 Å². The lowest BCUT2D eigenvalue weighted by Crippen LogP contribution is -2.56. The van der Waals surface area contributed by atoms with E-state index in [1.165, 1.54) is 6.92 Å². The van der Waals surface area contributed by atoms with E-state index in [9.17, 15) is 9.90 Å². The summed E-state index contributed by atoms with van der Waals surface area (Å²) in [5, 5.41) is 11.9. The molecule has 7 nitrogen and oxygen atoms in total. The van der Waals surface area contributed by atoms with Crippen LogP contribution in [0.5, 0.6) is 0 Å². The highest BCUT2D eigenvalue weighted by Crippen LogP contribution is 2.51. The van der Waals surface area contributed by atoms with Gasteiger partial charge in [-0.2, -0.15) is 0 Å². The van der Waals surface area contributed by atoms with Gasteiger partial charge in [-0.3, -0.25) is 9.69 Å². The van der Waals surface area contributed by atoms with Crippen LogP contribution in [0.25, 0.3) is 11.0 Å². The molecule has 5 rings (SSSR count). The van der Waals surface area contributed by atoms with Crippen molar-refractivity contribution in [2.45, 2.75) is 65.6 Å². The molecule has 0 radical (unpaired) electrons. The third-order valence-corrected chi connectivity index (χ3v) is 9.26. The number of hydrogen-bond acceptors (Lipinski definition) is 7. The summed E-state index contributed by atoms with van der Waals surface area (Å²) in [6.07, 6.45) is 4.56. The molecule has 7 heteroatoms. The van der Waals surface area contributed by atoms with Crippen molar-refractivity contribution in [2.24, 2.45) is 23.7 Å². The van der Waals surface area contributed by atoms with Gasteiger partial charge in [0.1, 0.15) is 6.10 Å². The molecule has 2 fully saturated rings. The summed E-state index contributed by atoms with van der Waals surface area (Å²) in [5.41, 5.74) is 3.15. The average molecular weight is 507 g/mol. The lowest BCUT2D eigenvalue weighted by Gasteiger charge is -2.53. The van der Waals surface area contributed by atoms with Crippen LogP contribution < -0.4 is 4.90 Å². The number of carbonyl (C=O) groups is 1. The number of piperazine rings is 1. The summed E-state index contributed by atoms with van der Waals surface area (Å²) in [7, 11) is 0. The van der Waals surface area contributed by atoms with E-state index in [4.69, 9.17) is 14.7 Å². The second kappa shape index (κ2) is 10.3. The van der Waals surface area contributed by atoms with Crippen molar-refractivity contribution in [3.8, 4) is 0 Å². The minimum absolute atomic E-state index is 0.106. The van der Waals surface area contributed by atoms with Crippen molar-refractivity contribution < 1.29 is 14.6 Å². The summed E-state index contributed by atoms with van der Waals surface area (Å²) in [5.74, 6) is 1.90. The zero-order chi connectivity index (χ0) is 26.3. The molecule has 1 aliphatic heterocycles. The normalized spacial score (nSPS) is 31.5. The Labute approximate surface area is 220 Å². The maximum atomic E-state index is 11.9. The lowest BCUT2D eigenvalue weighted by molar-refractivity contribution is -0.159. The third-order valence-electron chi connectivity index (χ3n) is 9.26. The molecule has 0 amide bonds. The molecule has 37 heavy (non-hydrogen) atoms. The second-order valence-electron chi connectivity index (χ2n) is 11.8. The highest BCUT2D eigenvalue weighted by molar-refractivity contribution is 5.76. The number of rotatable bonds is 5. The molecule has 2 aliphatic carbocycles. The van der Waals surface area contributed by atoms with Gasteiger partial charge in [0.15, 0.2) is 5.82 Å². The summed E-state index contributed by atoms with van der Waals surface area (Å²) in [6, 6.07) is 8.07. The molecule has 3 aliphatic rings. The minimum Gasteiger partial charge on any atom is -0.458 e. The first-order valence-electron chi connectivity index (χ1n) is 13.9. The summed E-state index contributed by atoms with van der Waals surface area (Å²) >= 11 is 0. The predicted octanol–water partition coefficient (Wildman–Crippen LogP) is 4.37. The number of aromatic nitrogens is 2. The van der Waals surface area contributed by atoms with Crippen LogP contribution in [0.2, 0.25) is 0 Å². The topological polar surface area (TPSA) is 78.8 Å². The molecule has 2 aromatic rings. The molecule has 1 aromatic heterocycles. The molecule has 1 saturated heterocycles. The largest absolute Gasteiger partial charge is 0.458 e. The van der Waals surface area contributed by atoms with Crippen LogP contribution in [-0.2, 0) is 9.53 Å². The first kappa shape index (κ1) is 26.1. The molecule has 6 atom stereocenters. The van der Waals surface area contributed by atoms with Crippen LogP contribution in [0.1, 0.15) is 52.7 Å². The molecule has 1 N–H and O–H groups in total. The van der Waals surface area contributed by atoms with E-state index >= 15 is 0 Å². The summed E-state index contributed by atoms with van der Waals surface area (Å²) < 4.78 is 5.57. The van der Waals surface area contributed by atoms with Crippen LogP contribution in [-0.4, -0.2) is 70.4 Å². The quantitative estimate of drug-likeness (QED) is 0.476. The number of aliphatic hydroxyl groups is 1. The summed E-state index contributed by atoms with van der Waals surface area (Å²) in [4.78, 5) is 26.3. The number of esters is 1. The third kappa shape index (κ3) is 5.13. The van der Waals surface area contributed by atoms with E-state index in [0.29, 0.717) is 18.3 Å². The zero-order valence-corrected chi connectivity index (χ0v) is 23.0. The number of carbonyl (C=O) groups excluding carboxylic acids is 1. The number of nitrogens with zero attached hydrogens (tertiary/aromatic N) is 4. The Morgan fingerprint density at radius 3 is 2.49 bits per heavy atom. The van der Waals surface area contributed by atoms with Gasteiger partial charge in [0.2, 0.25) is 0 Å². The van der Waals surface area contributed by atoms with Gasteiger partial charge in [-0.25, -0.2) is 9.97 Å². The van der Waals surface area contributed by atoms with Crippen LogP contribution in [0, 0.1) is 30.6 Å². The number of anilines is 1. The number of benzene rings is 1. The second-order valence-corrected chi connectivity index (χ2v) is 11.8. The molecule has 0 bridgehead atoms. The van der Waals surface area contributed by atoms with Gasteiger partial charge in [-0.05, 0) is 62.1 Å². The number of para-hydroxylation sites is 2. The van der Waals surface area contributed by atoms with Gasteiger partial charge in [-0.1, -0.05) is 32.1 Å². The molecular formula is C30H42N4O3. The Hall–Kier alpha value is -2.51. The Morgan fingerprint density at radius 1 is 1.14 bits per heavy atom. The first-order valence-corrected chi connectivity index (χ1v) is 13.9. The molecule has 2 heterocycles. The number of fused-ring (bicyclic) bond motifs is 2. The van der Waals surface area contributed by atoms with E-state index < -0.39 is 5.60 Å². The monoisotopic (exact) mass is 506 g/mol. The van der Waals surface area contributed by atoms with Gasteiger partial charge in [0, 0.05) is 52.0 Å². The lowest BCUT2D eigenvalue weighted by atomic mass is 9.57. The van der Waals surface area contributed by atoms with Crippen molar-refractivity contribution in [3.63, 3.8) is 0 Å². The van der Waals surface area contributed by atoms with Gasteiger partial charge < -0.3 is 14.7 Å². The molecule has 0 spiro atoms. The standard InChI is InChI=1S/C30H42N4O3/c1-19-16-25-24(11-10-21(3)30(25,36)17-28(19)37-23(5)35)20(2)18-33-12-14-34(15-13-33)29-22(4)31-26-8-6-7-9-27(26)32-29/h6-9,16,20-21,24-25,28,36H,10-15,17-18H2,1-5H3/t20?,21-,24+,25-,28-,30-/m1/s1. The van der Waals surface area contributed by atoms with Crippen molar-refractivity contribution in [3.05, 3.63) is 41.6 Å². The number of hydrogen-bond donors (Lipinski definition) is 1. The Morgan fingerprint density at radius 2 is 1.81 bits per heavy atom. The predicted molar refractivity (Wildman–Crippen MR) is 146 cm³/mol. The highest BCUT2D eigenvalue weighted by atomic mass is 16.5. The average Bonchev–Trinajstić information content (AvgIpc) is 2.86. The fraction of sp³-hybridized carbons (Fsp3) is 0.633. The van der Waals surface area contributed by atoms with Crippen molar-refractivity contribution in [2.75, 3.05) is 37.6 Å². The van der Waals surface area contributed by atoms with E-state index in [0.717, 1.165) is 73.7 Å². The van der Waals surface area contributed by atoms with Gasteiger partial charge in [0.25, 0.3) is 0 Å². The Kier molecular flexibility index (Phi) is 7.29. The van der Waals surface area contributed by atoms with Gasteiger partial charge >= 0.3 is 5.97 Å². The minimum atomic E-state index is -0.818. The first-order chi connectivity index (χ1) is 17.7. The van der Waals surface area contributed by atoms with E-state index in [1.54, 1.807) is 0 Å². The maximum absolute atomic E-state index is 11.9. The Balaban J connectivity index is 1.24. The molecule has 1 saturated carbocycles. The fourth-order valence-corrected chi connectivity index (χ4v) is 7.06. The molecule has 200 valence electrons. The van der Waals surface area contributed by atoms with Crippen LogP contribution in [0.4, 0.5) is 5.82 Å². The number of aryl methyl sites for hydroxylation is 1. The molecular weight excluding hydrogens is 464 g/mol. The van der Waals surface area contributed by atoms with Gasteiger partial charge in [-0.15, -0.1) is 0 Å². The maximum Gasteiger partial charge on any atom is 0.303 e. The molecule has 1 aromatic carbocycles. The van der Waals surface area contributed by atoms with E-state index in [2.05, 4.69) is 36.6 Å². The fourth-order valence-electron chi connectivity index (χ4n) is 7.06. The van der Waals surface area contributed by atoms with E-state index in [-0.39, 0.29) is 23.9 Å².